The zero-order valence-corrected chi connectivity index (χ0v) is 16.3. The van der Waals surface area contributed by atoms with Gasteiger partial charge >= 0.3 is 5.97 Å². The molecule has 0 saturated carbocycles. The van der Waals surface area contributed by atoms with Gasteiger partial charge in [0.2, 0.25) is 0 Å². The number of likely N-dealkylation sites (tertiary alicyclic amines) is 1. The molecule has 0 radical (unpaired) electrons. The Morgan fingerprint density at radius 3 is 2.71 bits per heavy atom. The fourth-order valence-electron chi connectivity index (χ4n) is 3.43. The fourth-order valence-corrected chi connectivity index (χ4v) is 3.43. The summed E-state index contributed by atoms with van der Waals surface area (Å²) in [6.45, 7) is 3.26. The Kier molecular flexibility index (Phi) is 6.62. The highest BCUT2D eigenvalue weighted by Crippen LogP contribution is 2.22. The van der Waals surface area contributed by atoms with Crippen molar-refractivity contribution < 1.29 is 19.1 Å². The normalized spacial score (nSPS) is 16.6. The van der Waals surface area contributed by atoms with Gasteiger partial charge in [-0.05, 0) is 43.9 Å². The highest BCUT2D eigenvalue weighted by atomic mass is 16.5. The smallest absolute Gasteiger partial charge is 0.307 e. The fraction of sp³-hybridized carbons (Fsp3) is 0.500. The molecule has 1 aromatic heterocycles. The van der Waals surface area contributed by atoms with E-state index in [9.17, 15) is 9.59 Å². The van der Waals surface area contributed by atoms with Crippen molar-refractivity contribution in [1.29, 1.82) is 0 Å². The summed E-state index contributed by atoms with van der Waals surface area (Å²) in [6, 6.07) is 7.51. The molecule has 0 spiro atoms. The zero-order valence-electron chi connectivity index (χ0n) is 16.3. The maximum Gasteiger partial charge on any atom is 0.307 e. The van der Waals surface area contributed by atoms with Crippen LogP contribution in [0.3, 0.4) is 0 Å². The quantitative estimate of drug-likeness (QED) is 0.679. The van der Waals surface area contributed by atoms with Crippen LogP contribution in [0.2, 0.25) is 0 Å². The number of methoxy groups -OCH3 is 1. The minimum Gasteiger partial charge on any atom is -0.497 e. The Bertz CT molecular complexity index is 803. The van der Waals surface area contributed by atoms with E-state index >= 15 is 0 Å². The summed E-state index contributed by atoms with van der Waals surface area (Å²) in [5.74, 6) is 0.335. The molecule has 1 aliphatic rings. The lowest BCUT2D eigenvalue weighted by Gasteiger charge is -2.34. The molecule has 1 aliphatic heterocycles. The molecule has 1 amide bonds. The molecule has 2 aromatic rings. The Hall–Kier alpha value is -2.90. The number of carbonyl (C=O) groups is 2. The van der Waals surface area contributed by atoms with Crippen LogP contribution in [0.5, 0.6) is 5.75 Å². The SMILES string of the molecule is CCOC(=O)CC1CCCCN1C(=O)c1cn(Cc2ccc(OC)cc2)nn1. The minimum absolute atomic E-state index is 0.146. The molecule has 0 bridgehead atoms. The van der Waals surface area contributed by atoms with E-state index in [1.54, 1.807) is 29.8 Å². The number of rotatable bonds is 7. The van der Waals surface area contributed by atoms with E-state index in [1.807, 2.05) is 24.3 Å². The van der Waals surface area contributed by atoms with Crippen molar-refractivity contribution >= 4 is 11.9 Å². The lowest BCUT2D eigenvalue weighted by Crippen LogP contribution is -2.45. The first-order chi connectivity index (χ1) is 13.6. The van der Waals surface area contributed by atoms with Gasteiger partial charge < -0.3 is 14.4 Å². The second kappa shape index (κ2) is 9.34. The number of nitrogens with zero attached hydrogens (tertiary/aromatic N) is 4. The van der Waals surface area contributed by atoms with Crippen molar-refractivity contribution in [3.63, 3.8) is 0 Å². The first-order valence-electron chi connectivity index (χ1n) is 9.60. The van der Waals surface area contributed by atoms with Gasteiger partial charge in [0.15, 0.2) is 5.69 Å². The van der Waals surface area contributed by atoms with Crippen LogP contribution in [0.15, 0.2) is 30.5 Å². The number of hydrogen-bond acceptors (Lipinski definition) is 6. The predicted molar refractivity (Wildman–Crippen MR) is 102 cm³/mol. The minimum atomic E-state index is -0.268. The summed E-state index contributed by atoms with van der Waals surface area (Å²) in [7, 11) is 1.63. The molecule has 2 heterocycles. The molecule has 8 heteroatoms. The number of ether oxygens (including phenoxy) is 2. The first-order valence-corrected chi connectivity index (χ1v) is 9.60. The number of benzene rings is 1. The van der Waals surface area contributed by atoms with E-state index in [0.29, 0.717) is 25.4 Å². The molecule has 1 unspecified atom stereocenters. The lowest BCUT2D eigenvalue weighted by molar-refractivity contribution is -0.144. The Balaban J connectivity index is 1.66. The highest BCUT2D eigenvalue weighted by molar-refractivity contribution is 5.92. The van der Waals surface area contributed by atoms with Crippen LogP contribution in [-0.4, -0.2) is 58.1 Å². The second-order valence-corrected chi connectivity index (χ2v) is 6.81. The third-order valence-electron chi connectivity index (χ3n) is 4.86. The molecular weight excluding hydrogens is 360 g/mol. The molecule has 150 valence electrons. The molecule has 3 rings (SSSR count). The third-order valence-corrected chi connectivity index (χ3v) is 4.86. The van der Waals surface area contributed by atoms with Crippen LogP contribution in [0.4, 0.5) is 0 Å². The predicted octanol–water partition coefficient (Wildman–Crippen LogP) is 2.28. The summed E-state index contributed by atoms with van der Waals surface area (Å²) < 4.78 is 11.8. The summed E-state index contributed by atoms with van der Waals surface area (Å²) >= 11 is 0. The van der Waals surface area contributed by atoms with Gasteiger partial charge in [-0.15, -0.1) is 5.10 Å². The summed E-state index contributed by atoms with van der Waals surface area (Å²) in [5, 5.41) is 8.13. The largest absolute Gasteiger partial charge is 0.497 e. The van der Waals surface area contributed by atoms with Crippen molar-refractivity contribution in [2.45, 2.75) is 45.2 Å². The number of carbonyl (C=O) groups excluding carboxylic acids is 2. The van der Waals surface area contributed by atoms with Crippen LogP contribution >= 0.6 is 0 Å². The van der Waals surface area contributed by atoms with Gasteiger partial charge in [-0.3, -0.25) is 9.59 Å². The lowest BCUT2D eigenvalue weighted by atomic mass is 9.99. The van der Waals surface area contributed by atoms with Crippen LogP contribution in [-0.2, 0) is 16.1 Å². The van der Waals surface area contributed by atoms with Gasteiger partial charge in [-0.1, -0.05) is 17.3 Å². The molecule has 1 saturated heterocycles. The highest BCUT2D eigenvalue weighted by Gasteiger charge is 2.31. The van der Waals surface area contributed by atoms with E-state index in [0.717, 1.165) is 30.6 Å². The van der Waals surface area contributed by atoms with Crippen molar-refractivity contribution in [2.24, 2.45) is 0 Å². The van der Waals surface area contributed by atoms with E-state index in [1.165, 1.54) is 0 Å². The van der Waals surface area contributed by atoms with Crippen LogP contribution in [0.1, 0.15) is 48.7 Å². The van der Waals surface area contributed by atoms with Gasteiger partial charge in [-0.25, -0.2) is 4.68 Å². The van der Waals surface area contributed by atoms with E-state index in [4.69, 9.17) is 9.47 Å². The number of esters is 1. The second-order valence-electron chi connectivity index (χ2n) is 6.81. The van der Waals surface area contributed by atoms with Crippen LogP contribution in [0, 0.1) is 0 Å². The molecule has 1 fully saturated rings. The van der Waals surface area contributed by atoms with Gasteiger partial charge in [0, 0.05) is 12.6 Å². The Morgan fingerprint density at radius 2 is 2.00 bits per heavy atom. The summed E-state index contributed by atoms with van der Waals surface area (Å²) in [4.78, 5) is 26.5. The van der Waals surface area contributed by atoms with Gasteiger partial charge in [-0.2, -0.15) is 0 Å². The summed E-state index contributed by atoms with van der Waals surface area (Å²) in [6.07, 6.45) is 4.59. The molecule has 28 heavy (non-hydrogen) atoms. The van der Waals surface area contributed by atoms with Crippen molar-refractivity contribution in [3.05, 3.63) is 41.7 Å². The van der Waals surface area contributed by atoms with Crippen molar-refractivity contribution in [1.82, 2.24) is 19.9 Å². The Labute approximate surface area is 164 Å². The van der Waals surface area contributed by atoms with Crippen LogP contribution < -0.4 is 4.74 Å². The molecule has 1 aromatic carbocycles. The standard InChI is InChI=1S/C20H26N4O4/c1-3-28-19(25)12-16-6-4-5-11-24(16)20(26)18-14-23(22-21-18)13-15-7-9-17(27-2)10-8-15/h7-10,14,16H,3-6,11-13H2,1-2H3. The number of hydrogen-bond donors (Lipinski definition) is 0. The first kappa shape index (κ1) is 19.9. The maximum absolute atomic E-state index is 12.9. The average molecular weight is 386 g/mol. The van der Waals surface area contributed by atoms with Gasteiger partial charge in [0.1, 0.15) is 5.75 Å². The van der Waals surface area contributed by atoms with Crippen molar-refractivity contribution in [3.8, 4) is 5.75 Å². The van der Waals surface area contributed by atoms with Gasteiger partial charge in [0.25, 0.3) is 5.91 Å². The molecule has 0 aliphatic carbocycles. The number of aromatic nitrogens is 3. The molecule has 1 atom stereocenters. The molecule has 0 N–H and O–H groups in total. The number of amides is 1. The Morgan fingerprint density at radius 1 is 1.21 bits per heavy atom. The topological polar surface area (TPSA) is 86.5 Å². The number of piperidine rings is 1. The molecule has 8 nitrogen and oxygen atoms in total. The monoisotopic (exact) mass is 386 g/mol. The van der Waals surface area contributed by atoms with E-state index < -0.39 is 0 Å². The summed E-state index contributed by atoms with van der Waals surface area (Å²) in [5.41, 5.74) is 1.33. The maximum atomic E-state index is 12.9. The van der Waals surface area contributed by atoms with Crippen LogP contribution in [0.25, 0.3) is 0 Å². The van der Waals surface area contributed by atoms with E-state index in [-0.39, 0.29) is 24.3 Å². The molecular formula is C20H26N4O4. The van der Waals surface area contributed by atoms with Crippen molar-refractivity contribution in [2.75, 3.05) is 20.3 Å². The average Bonchev–Trinajstić information content (AvgIpc) is 3.17. The zero-order chi connectivity index (χ0) is 19.9. The third kappa shape index (κ3) is 4.88. The van der Waals surface area contributed by atoms with E-state index in [2.05, 4.69) is 10.3 Å². The van der Waals surface area contributed by atoms with Gasteiger partial charge in [0.05, 0.1) is 32.9 Å².